The fraction of sp³-hybridized carbons (Fsp3) is 0.533. The molecule has 3 heterocycles. The standard InChI is InChI=1S/C15H20N6O/c22-15(4-2-8-21-12-17-11-19-21)20-7-1-3-13(9-20)14-5-6-16-10-18-14/h5-6,10-13H,1-4,7-9H2/t13-/m1/s1. The Kier molecular flexibility index (Phi) is 4.72. The zero-order chi connectivity index (χ0) is 15.2. The van der Waals surface area contributed by atoms with Gasteiger partial charge in [0.1, 0.15) is 19.0 Å². The van der Waals surface area contributed by atoms with Crippen molar-refractivity contribution in [2.24, 2.45) is 0 Å². The lowest BCUT2D eigenvalue weighted by molar-refractivity contribution is -0.132. The molecule has 1 saturated heterocycles. The Balaban J connectivity index is 1.49. The second-order valence-electron chi connectivity index (χ2n) is 5.58. The van der Waals surface area contributed by atoms with Gasteiger partial charge < -0.3 is 4.90 Å². The number of hydrogen-bond donors (Lipinski definition) is 0. The molecular weight excluding hydrogens is 280 g/mol. The Morgan fingerprint density at radius 2 is 2.27 bits per heavy atom. The number of rotatable bonds is 5. The number of likely N-dealkylation sites (tertiary alicyclic amines) is 1. The van der Waals surface area contributed by atoms with E-state index in [0.29, 0.717) is 12.3 Å². The third kappa shape index (κ3) is 3.66. The van der Waals surface area contributed by atoms with Crippen LogP contribution >= 0.6 is 0 Å². The largest absolute Gasteiger partial charge is 0.342 e. The SMILES string of the molecule is O=C(CCCn1cncn1)N1CCC[C@@H](c2ccncn2)C1. The summed E-state index contributed by atoms with van der Waals surface area (Å²) in [6, 6.07) is 1.95. The first-order chi connectivity index (χ1) is 10.8. The molecule has 0 N–H and O–H groups in total. The molecule has 0 unspecified atom stereocenters. The minimum absolute atomic E-state index is 0.221. The number of nitrogens with zero attached hydrogens (tertiary/aromatic N) is 6. The second kappa shape index (κ2) is 7.11. The molecule has 7 heteroatoms. The number of amides is 1. The number of carbonyl (C=O) groups excluding carboxylic acids is 1. The first kappa shape index (κ1) is 14.6. The van der Waals surface area contributed by atoms with E-state index in [1.807, 2.05) is 11.0 Å². The van der Waals surface area contributed by atoms with E-state index in [1.54, 1.807) is 23.5 Å². The van der Waals surface area contributed by atoms with Crippen LogP contribution in [0, 0.1) is 0 Å². The van der Waals surface area contributed by atoms with E-state index < -0.39 is 0 Å². The van der Waals surface area contributed by atoms with Gasteiger partial charge in [0.25, 0.3) is 0 Å². The Hall–Kier alpha value is -2.31. The zero-order valence-electron chi connectivity index (χ0n) is 12.5. The first-order valence-corrected chi connectivity index (χ1v) is 7.69. The predicted molar refractivity (Wildman–Crippen MR) is 79.8 cm³/mol. The molecule has 0 spiro atoms. The van der Waals surface area contributed by atoms with Crippen LogP contribution in [0.5, 0.6) is 0 Å². The molecule has 2 aromatic heterocycles. The molecular formula is C15H20N6O. The van der Waals surface area contributed by atoms with E-state index in [9.17, 15) is 4.79 Å². The van der Waals surface area contributed by atoms with Crippen LogP contribution in [-0.2, 0) is 11.3 Å². The van der Waals surface area contributed by atoms with Crippen LogP contribution in [0.25, 0.3) is 0 Å². The third-order valence-electron chi connectivity index (χ3n) is 4.04. The van der Waals surface area contributed by atoms with Gasteiger partial charge >= 0.3 is 0 Å². The van der Waals surface area contributed by atoms with E-state index in [-0.39, 0.29) is 5.91 Å². The van der Waals surface area contributed by atoms with Crippen molar-refractivity contribution in [3.63, 3.8) is 0 Å². The van der Waals surface area contributed by atoms with Gasteiger partial charge in [-0.2, -0.15) is 5.10 Å². The molecule has 1 amide bonds. The molecule has 22 heavy (non-hydrogen) atoms. The molecule has 7 nitrogen and oxygen atoms in total. The van der Waals surface area contributed by atoms with Gasteiger partial charge in [-0.25, -0.2) is 15.0 Å². The van der Waals surface area contributed by atoms with Gasteiger partial charge in [-0.05, 0) is 25.3 Å². The lowest BCUT2D eigenvalue weighted by Gasteiger charge is -2.32. The van der Waals surface area contributed by atoms with Gasteiger partial charge in [-0.3, -0.25) is 9.48 Å². The highest BCUT2D eigenvalue weighted by Gasteiger charge is 2.25. The molecule has 3 rings (SSSR count). The Morgan fingerprint density at radius 1 is 1.32 bits per heavy atom. The van der Waals surface area contributed by atoms with Gasteiger partial charge in [-0.15, -0.1) is 0 Å². The van der Waals surface area contributed by atoms with Crippen LogP contribution in [0.15, 0.2) is 31.2 Å². The lowest BCUT2D eigenvalue weighted by Crippen LogP contribution is -2.39. The minimum Gasteiger partial charge on any atom is -0.342 e. The molecule has 1 aliphatic heterocycles. The topological polar surface area (TPSA) is 76.8 Å². The summed E-state index contributed by atoms with van der Waals surface area (Å²) < 4.78 is 1.76. The van der Waals surface area contributed by atoms with Gasteiger partial charge in [0, 0.05) is 43.9 Å². The van der Waals surface area contributed by atoms with Crippen molar-refractivity contribution in [3.05, 3.63) is 36.9 Å². The maximum atomic E-state index is 12.4. The highest BCUT2D eigenvalue weighted by molar-refractivity contribution is 5.76. The van der Waals surface area contributed by atoms with Crippen molar-refractivity contribution in [1.29, 1.82) is 0 Å². The fourth-order valence-electron chi connectivity index (χ4n) is 2.89. The highest BCUT2D eigenvalue weighted by Crippen LogP contribution is 2.25. The summed E-state index contributed by atoms with van der Waals surface area (Å²) in [4.78, 5) is 26.5. The summed E-state index contributed by atoms with van der Waals surface area (Å²) in [5.74, 6) is 0.551. The molecule has 0 saturated carbocycles. The average Bonchev–Trinajstić information content (AvgIpc) is 3.09. The average molecular weight is 300 g/mol. The number of hydrogen-bond acceptors (Lipinski definition) is 5. The predicted octanol–water partition coefficient (Wildman–Crippen LogP) is 1.25. The van der Waals surface area contributed by atoms with Crippen LogP contribution in [-0.4, -0.2) is 48.6 Å². The normalized spacial score (nSPS) is 18.4. The molecule has 0 radical (unpaired) electrons. The number of piperidine rings is 1. The number of carbonyl (C=O) groups is 1. The maximum Gasteiger partial charge on any atom is 0.222 e. The molecule has 1 fully saturated rings. The zero-order valence-corrected chi connectivity index (χ0v) is 12.5. The third-order valence-corrected chi connectivity index (χ3v) is 4.04. The van der Waals surface area contributed by atoms with Crippen LogP contribution in [0.2, 0.25) is 0 Å². The van der Waals surface area contributed by atoms with Crippen molar-refractivity contribution in [1.82, 2.24) is 29.6 Å². The Morgan fingerprint density at radius 3 is 3.05 bits per heavy atom. The van der Waals surface area contributed by atoms with Gasteiger partial charge in [0.05, 0.1) is 0 Å². The Bertz CT molecular complexity index is 585. The first-order valence-electron chi connectivity index (χ1n) is 7.69. The molecule has 0 aliphatic carbocycles. The molecule has 2 aromatic rings. The molecule has 116 valence electrons. The van der Waals surface area contributed by atoms with Crippen molar-refractivity contribution in [2.45, 2.75) is 38.1 Å². The molecule has 0 bridgehead atoms. The smallest absolute Gasteiger partial charge is 0.222 e. The van der Waals surface area contributed by atoms with Crippen LogP contribution < -0.4 is 0 Å². The van der Waals surface area contributed by atoms with E-state index in [0.717, 1.165) is 44.6 Å². The summed E-state index contributed by atoms with van der Waals surface area (Å²) in [5.41, 5.74) is 1.04. The van der Waals surface area contributed by atoms with Gasteiger partial charge in [0.15, 0.2) is 0 Å². The van der Waals surface area contributed by atoms with Crippen molar-refractivity contribution in [2.75, 3.05) is 13.1 Å². The van der Waals surface area contributed by atoms with Gasteiger partial charge in [-0.1, -0.05) is 0 Å². The number of aromatic nitrogens is 5. The van der Waals surface area contributed by atoms with Crippen LogP contribution in [0.3, 0.4) is 0 Å². The lowest BCUT2D eigenvalue weighted by atomic mass is 9.94. The summed E-state index contributed by atoms with van der Waals surface area (Å²) >= 11 is 0. The molecule has 1 atom stereocenters. The maximum absolute atomic E-state index is 12.4. The van der Waals surface area contributed by atoms with E-state index in [4.69, 9.17) is 0 Å². The van der Waals surface area contributed by atoms with E-state index >= 15 is 0 Å². The summed E-state index contributed by atoms with van der Waals surface area (Å²) in [5, 5.41) is 4.04. The number of aryl methyl sites for hydroxylation is 1. The van der Waals surface area contributed by atoms with Crippen LogP contribution in [0.4, 0.5) is 0 Å². The van der Waals surface area contributed by atoms with Crippen LogP contribution in [0.1, 0.15) is 37.3 Å². The summed E-state index contributed by atoms with van der Waals surface area (Å²) in [6.45, 7) is 2.35. The van der Waals surface area contributed by atoms with Crippen molar-refractivity contribution in [3.8, 4) is 0 Å². The van der Waals surface area contributed by atoms with E-state index in [1.165, 1.54) is 6.33 Å². The monoisotopic (exact) mass is 300 g/mol. The second-order valence-corrected chi connectivity index (χ2v) is 5.58. The van der Waals surface area contributed by atoms with Crippen molar-refractivity contribution >= 4 is 5.91 Å². The van der Waals surface area contributed by atoms with Crippen molar-refractivity contribution < 1.29 is 4.79 Å². The molecule has 0 aromatic carbocycles. The quantitative estimate of drug-likeness (QED) is 0.830. The summed E-state index contributed by atoms with van der Waals surface area (Å²) in [6.07, 6.45) is 9.99. The highest BCUT2D eigenvalue weighted by atomic mass is 16.2. The minimum atomic E-state index is 0.221. The van der Waals surface area contributed by atoms with Gasteiger partial charge in [0.2, 0.25) is 5.91 Å². The Labute approximate surface area is 129 Å². The summed E-state index contributed by atoms with van der Waals surface area (Å²) in [7, 11) is 0. The fourth-order valence-corrected chi connectivity index (χ4v) is 2.89. The van der Waals surface area contributed by atoms with E-state index in [2.05, 4.69) is 20.1 Å². The molecule has 1 aliphatic rings.